The third-order valence-electron chi connectivity index (χ3n) is 3.50. The lowest BCUT2D eigenvalue weighted by atomic mass is 10.1. The van der Waals surface area contributed by atoms with Gasteiger partial charge in [-0.2, -0.15) is 17.9 Å². The first-order valence-electron chi connectivity index (χ1n) is 7.72. The fourth-order valence-corrected chi connectivity index (χ4v) is 2.28. The molecular formula is C18H12F3N5O. The quantitative estimate of drug-likeness (QED) is 0.718. The molecule has 0 saturated carbocycles. The van der Waals surface area contributed by atoms with E-state index in [0.29, 0.717) is 11.3 Å². The van der Waals surface area contributed by atoms with Crippen molar-refractivity contribution < 1.29 is 18.0 Å². The Hall–Kier alpha value is -3.67. The molecule has 0 bridgehead atoms. The lowest BCUT2D eigenvalue weighted by Crippen LogP contribution is -2.25. The zero-order valence-electron chi connectivity index (χ0n) is 13.7. The van der Waals surface area contributed by atoms with Gasteiger partial charge in [0.1, 0.15) is 6.33 Å². The second-order valence-corrected chi connectivity index (χ2v) is 5.33. The second-order valence-electron chi connectivity index (χ2n) is 5.33. The Balaban J connectivity index is 1.68. The van der Waals surface area contributed by atoms with Crippen molar-refractivity contribution in [1.82, 2.24) is 25.5 Å². The largest absolute Gasteiger partial charge is 0.416 e. The van der Waals surface area contributed by atoms with Crippen molar-refractivity contribution in [3.8, 4) is 17.5 Å². The van der Waals surface area contributed by atoms with Gasteiger partial charge in [0.25, 0.3) is 5.91 Å². The zero-order chi connectivity index (χ0) is 19.3. The molecule has 1 heterocycles. The summed E-state index contributed by atoms with van der Waals surface area (Å²) in [5.41, 5.74) is 0.276. The third-order valence-corrected chi connectivity index (χ3v) is 3.50. The average molecular weight is 371 g/mol. The number of amides is 1. The van der Waals surface area contributed by atoms with Crippen molar-refractivity contribution in [3.63, 3.8) is 0 Å². The Kier molecular flexibility index (Phi) is 5.17. The van der Waals surface area contributed by atoms with E-state index in [9.17, 15) is 18.0 Å². The molecule has 0 fully saturated rings. The standard InChI is InChI=1S/C18H12F3N5O/c19-18(20,21)14-7-3-5-13(11-14)6-4-10-22-17(27)15-8-1-2-9-16(15)26-12-23-24-25-26/h1-3,5,7-9,11-12H,10H2,(H,22,27). The maximum atomic E-state index is 12.7. The van der Waals surface area contributed by atoms with Gasteiger partial charge < -0.3 is 5.32 Å². The number of para-hydroxylation sites is 1. The van der Waals surface area contributed by atoms with E-state index >= 15 is 0 Å². The van der Waals surface area contributed by atoms with Crippen LogP contribution in [0.25, 0.3) is 5.69 Å². The molecule has 27 heavy (non-hydrogen) atoms. The van der Waals surface area contributed by atoms with Crippen LogP contribution in [0.15, 0.2) is 54.9 Å². The van der Waals surface area contributed by atoms with Gasteiger partial charge in [-0.1, -0.05) is 30.0 Å². The van der Waals surface area contributed by atoms with Gasteiger partial charge in [0.2, 0.25) is 0 Å². The molecule has 1 amide bonds. The van der Waals surface area contributed by atoms with Crippen molar-refractivity contribution in [3.05, 3.63) is 71.5 Å². The van der Waals surface area contributed by atoms with Crippen LogP contribution < -0.4 is 5.32 Å². The van der Waals surface area contributed by atoms with Gasteiger partial charge in [-0.05, 0) is 40.8 Å². The molecule has 1 N–H and O–H groups in total. The number of carbonyl (C=O) groups excluding carboxylic acids is 1. The topological polar surface area (TPSA) is 72.7 Å². The summed E-state index contributed by atoms with van der Waals surface area (Å²) in [5.74, 6) is 4.84. The van der Waals surface area contributed by atoms with Crippen LogP contribution >= 0.6 is 0 Å². The molecule has 0 unspecified atom stereocenters. The van der Waals surface area contributed by atoms with Gasteiger partial charge in [0.15, 0.2) is 0 Å². The number of aromatic nitrogens is 4. The lowest BCUT2D eigenvalue weighted by Gasteiger charge is -2.07. The van der Waals surface area contributed by atoms with E-state index in [1.807, 2.05) is 0 Å². The molecule has 0 aliphatic heterocycles. The molecular weight excluding hydrogens is 359 g/mol. The summed E-state index contributed by atoms with van der Waals surface area (Å²) in [6.07, 6.45) is -3.06. The van der Waals surface area contributed by atoms with Crippen molar-refractivity contribution in [1.29, 1.82) is 0 Å². The predicted molar refractivity (Wildman–Crippen MR) is 89.8 cm³/mol. The van der Waals surface area contributed by atoms with Gasteiger partial charge in [-0.15, -0.1) is 5.10 Å². The normalized spacial score (nSPS) is 10.8. The lowest BCUT2D eigenvalue weighted by molar-refractivity contribution is -0.137. The number of hydrogen-bond acceptors (Lipinski definition) is 4. The summed E-state index contributed by atoms with van der Waals surface area (Å²) in [5, 5.41) is 13.4. The Morgan fingerprint density at radius 1 is 1.15 bits per heavy atom. The number of nitrogens with one attached hydrogen (secondary N) is 1. The number of benzene rings is 2. The average Bonchev–Trinajstić information content (AvgIpc) is 3.19. The molecule has 3 rings (SSSR count). The van der Waals surface area contributed by atoms with Crippen LogP contribution in [0.2, 0.25) is 0 Å². The van der Waals surface area contributed by atoms with Gasteiger partial charge in [0, 0.05) is 5.56 Å². The Bertz CT molecular complexity index is 1000. The summed E-state index contributed by atoms with van der Waals surface area (Å²) < 4.78 is 39.4. The highest BCUT2D eigenvalue weighted by atomic mass is 19.4. The van der Waals surface area contributed by atoms with Crippen LogP contribution in [-0.2, 0) is 6.18 Å². The SMILES string of the molecule is O=C(NCC#Cc1cccc(C(F)(F)F)c1)c1ccccc1-n1cnnn1. The van der Waals surface area contributed by atoms with Crippen molar-refractivity contribution in [2.45, 2.75) is 6.18 Å². The molecule has 1 aromatic heterocycles. The van der Waals surface area contributed by atoms with E-state index in [1.165, 1.54) is 23.1 Å². The van der Waals surface area contributed by atoms with Crippen molar-refractivity contribution in [2.75, 3.05) is 6.54 Å². The number of hydrogen-bond donors (Lipinski definition) is 1. The van der Waals surface area contributed by atoms with E-state index < -0.39 is 17.6 Å². The highest BCUT2D eigenvalue weighted by molar-refractivity contribution is 5.97. The minimum atomic E-state index is -4.42. The Morgan fingerprint density at radius 2 is 1.96 bits per heavy atom. The first-order chi connectivity index (χ1) is 12.9. The fraction of sp³-hybridized carbons (Fsp3) is 0.111. The minimum absolute atomic E-state index is 0.0287. The molecule has 0 spiro atoms. The van der Waals surface area contributed by atoms with E-state index in [-0.39, 0.29) is 12.1 Å². The summed E-state index contributed by atoms with van der Waals surface area (Å²) in [7, 11) is 0. The number of alkyl halides is 3. The van der Waals surface area contributed by atoms with Gasteiger partial charge >= 0.3 is 6.18 Å². The summed E-state index contributed by atoms with van der Waals surface area (Å²) >= 11 is 0. The number of carbonyl (C=O) groups is 1. The predicted octanol–water partition coefficient (Wildman–Crippen LogP) is 2.46. The minimum Gasteiger partial charge on any atom is -0.341 e. The molecule has 0 atom stereocenters. The number of tetrazole rings is 1. The van der Waals surface area contributed by atoms with Crippen LogP contribution in [0.4, 0.5) is 13.2 Å². The van der Waals surface area contributed by atoms with E-state index in [4.69, 9.17) is 0 Å². The maximum absolute atomic E-state index is 12.7. The third kappa shape index (κ3) is 4.49. The van der Waals surface area contributed by atoms with Crippen LogP contribution in [0, 0.1) is 11.8 Å². The zero-order valence-corrected chi connectivity index (χ0v) is 13.7. The molecule has 6 nitrogen and oxygen atoms in total. The first-order valence-corrected chi connectivity index (χ1v) is 7.72. The van der Waals surface area contributed by atoms with Crippen molar-refractivity contribution >= 4 is 5.91 Å². The maximum Gasteiger partial charge on any atom is 0.416 e. The highest BCUT2D eigenvalue weighted by Gasteiger charge is 2.30. The molecule has 0 aliphatic carbocycles. The van der Waals surface area contributed by atoms with Gasteiger partial charge in [-0.25, -0.2) is 0 Å². The molecule has 9 heteroatoms. The first kappa shape index (κ1) is 18.1. The molecule has 0 saturated heterocycles. The number of halogens is 3. The van der Waals surface area contributed by atoms with Crippen LogP contribution in [0.3, 0.4) is 0 Å². The summed E-state index contributed by atoms with van der Waals surface area (Å²) in [6.45, 7) is -0.0287. The molecule has 0 radical (unpaired) electrons. The monoisotopic (exact) mass is 371 g/mol. The number of rotatable bonds is 3. The summed E-state index contributed by atoms with van der Waals surface area (Å²) in [4.78, 5) is 12.3. The van der Waals surface area contributed by atoms with Crippen molar-refractivity contribution in [2.24, 2.45) is 0 Å². The second kappa shape index (κ2) is 7.70. The molecule has 2 aromatic carbocycles. The summed E-state index contributed by atoms with van der Waals surface area (Å²) in [6, 6.07) is 11.4. The molecule has 3 aromatic rings. The van der Waals surface area contributed by atoms with E-state index in [1.54, 1.807) is 24.3 Å². The van der Waals surface area contributed by atoms with Crippen LogP contribution in [0.5, 0.6) is 0 Å². The van der Waals surface area contributed by atoms with Crippen LogP contribution in [-0.4, -0.2) is 32.7 Å². The van der Waals surface area contributed by atoms with E-state index in [0.717, 1.165) is 12.1 Å². The van der Waals surface area contributed by atoms with Crippen LogP contribution in [0.1, 0.15) is 21.5 Å². The number of nitrogens with zero attached hydrogens (tertiary/aromatic N) is 4. The Morgan fingerprint density at radius 3 is 2.70 bits per heavy atom. The Labute approximate surface area is 152 Å². The fourth-order valence-electron chi connectivity index (χ4n) is 2.28. The highest BCUT2D eigenvalue weighted by Crippen LogP contribution is 2.29. The van der Waals surface area contributed by atoms with Gasteiger partial charge in [0.05, 0.1) is 23.4 Å². The smallest absolute Gasteiger partial charge is 0.341 e. The van der Waals surface area contributed by atoms with E-state index in [2.05, 4.69) is 32.7 Å². The molecule has 0 aliphatic rings. The molecule has 136 valence electrons. The van der Waals surface area contributed by atoms with Gasteiger partial charge in [-0.3, -0.25) is 4.79 Å².